The van der Waals surface area contributed by atoms with E-state index in [1.165, 1.54) is 33.4 Å². The van der Waals surface area contributed by atoms with Crippen LogP contribution in [0.15, 0.2) is 163 Å². The maximum absolute atomic E-state index is 11.6. The number of aromatic amines is 1. The van der Waals surface area contributed by atoms with E-state index in [9.17, 15) is 4.79 Å². The van der Waals surface area contributed by atoms with Gasteiger partial charge in [0.05, 0.1) is 43.1 Å². The van der Waals surface area contributed by atoms with Crippen molar-refractivity contribution in [2.45, 2.75) is 64.7 Å². The van der Waals surface area contributed by atoms with E-state index < -0.39 is 0 Å². The normalized spacial score (nSPS) is 13.3. The summed E-state index contributed by atoms with van der Waals surface area (Å²) in [5.74, 6) is 2.24. The number of unbranched alkanes of at least 4 members (excludes halogenated alkanes) is 3. The Morgan fingerprint density at radius 3 is 1.89 bits per heavy atom. The fraction of sp³-hybridized carbons (Fsp3) is 0.224. The number of methoxy groups -OCH3 is 1. The summed E-state index contributed by atoms with van der Waals surface area (Å²) in [6, 6.07) is 51.7. The molecule has 0 amide bonds. The number of rotatable bonds is 16. The van der Waals surface area contributed by atoms with Crippen molar-refractivity contribution in [2.75, 3.05) is 20.3 Å². The van der Waals surface area contributed by atoms with Crippen molar-refractivity contribution in [2.24, 2.45) is 4.99 Å². The molecule has 0 fully saturated rings. The molecular weight excluding hydrogens is 803 g/mol. The molecule has 7 nitrogen and oxygen atoms in total. The van der Waals surface area contributed by atoms with Crippen LogP contribution >= 0.6 is 0 Å². The summed E-state index contributed by atoms with van der Waals surface area (Å²) in [6.45, 7) is 6.36. The van der Waals surface area contributed by atoms with Gasteiger partial charge >= 0.3 is 5.97 Å². The van der Waals surface area contributed by atoms with E-state index >= 15 is 0 Å². The first-order chi connectivity index (χ1) is 31.9. The zero-order valence-corrected chi connectivity index (χ0v) is 37.4. The first-order valence-corrected chi connectivity index (χ1v) is 22.9. The Morgan fingerprint density at radius 2 is 1.23 bits per heavy atom. The van der Waals surface area contributed by atoms with E-state index in [0.29, 0.717) is 18.8 Å². The molecule has 1 N–H and O–H groups in total. The molecule has 0 radical (unpaired) electrons. The topological polar surface area (TPSA) is 85.8 Å². The maximum atomic E-state index is 11.6. The number of aromatic nitrogens is 2. The number of carbonyl (C=O) groups excluding carboxylic acids is 1. The van der Waals surface area contributed by atoms with Gasteiger partial charge in [0.15, 0.2) is 0 Å². The zero-order valence-electron chi connectivity index (χ0n) is 37.4. The minimum absolute atomic E-state index is 0.322. The van der Waals surface area contributed by atoms with Crippen LogP contribution in [0.25, 0.3) is 45.2 Å². The van der Waals surface area contributed by atoms with Gasteiger partial charge in [0.25, 0.3) is 0 Å². The summed E-state index contributed by atoms with van der Waals surface area (Å²) < 4.78 is 16.9. The van der Waals surface area contributed by atoms with Crippen LogP contribution < -0.4 is 9.47 Å². The smallest absolute Gasteiger partial charge is 0.333 e. The molecule has 65 heavy (non-hydrogen) atoms. The number of nitrogens with zero attached hydrogens (tertiary/aromatic N) is 2. The largest absolute Gasteiger partial charge is 0.497 e. The highest BCUT2D eigenvalue weighted by molar-refractivity contribution is 6.17. The SMILES string of the molecule is C=C(C)C(=O)OCCCCCCOc1ccc(C2=C(c3ccc(OC)cc3)N=C(c3cc4ccc3CCc3ccc(cc3-c3nc(-c5ccccc5)c(-c5ccccc5)[nH]3)CC4)C2)cc1. The first kappa shape index (κ1) is 43.0. The van der Waals surface area contributed by atoms with Gasteiger partial charge in [-0.25, -0.2) is 9.78 Å². The lowest BCUT2D eigenvalue weighted by Crippen LogP contribution is -2.08. The highest BCUT2D eigenvalue weighted by Crippen LogP contribution is 2.40. The molecule has 0 saturated carbocycles. The van der Waals surface area contributed by atoms with E-state index in [1.807, 2.05) is 12.1 Å². The molecule has 4 aliphatic carbocycles. The van der Waals surface area contributed by atoms with Crippen molar-refractivity contribution in [1.29, 1.82) is 0 Å². The molecule has 326 valence electrons. The zero-order chi connectivity index (χ0) is 44.5. The standard InChI is InChI=1S/C58H55N3O4/c1-39(2)58(62)65-35-13-5-4-12-34-64-49-32-26-43(27-33-49)51-38-53(59-54(51)47-28-30-48(63-3)31-29-47)50-36-40-18-19-41-21-23-44(25-24-42(50)22-20-40)52(37-41)57-60-55(45-14-8-6-9-15-45)56(61-57)46-16-10-7-11-17-46/h6-11,14-17,20-23,26-33,36-37H,1,4-5,12-13,18-19,24-25,34-35,38H2,2-3H3,(H,60,61). The molecule has 1 aliphatic heterocycles. The van der Waals surface area contributed by atoms with Crippen LogP contribution in [0.4, 0.5) is 0 Å². The number of nitrogens with one attached hydrogen (secondary N) is 1. The van der Waals surface area contributed by atoms with Gasteiger partial charge < -0.3 is 19.2 Å². The monoisotopic (exact) mass is 857 g/mol. The molecule has 1 aromatic heterocycles. The Kier molecular flexibility index (Phi) is 13.3. The summed E-state index contributed by atoms with van der Waals surface area (Å²) >= 11 is 0. The average Bonchev–Trinajstić information content (AvgIpc) is 4.00. The molecule has 5 aliphatic rings. The molecule has 4 bridgehead atoms. The van der Waals surface area contributed by atoms with Crippen molar-refractivity contribution in [3.05, 3.63) is 197 Å². The molecule has 0 saturated heterocycles. The minimum Gasteiger partial charge on any atom is -0.497 e. The number of H-pyrrole nitrogens is 1. The Balaban J connectivity index is 0.957. The maximum Gasteiger partial charge on any atom is 0.333 e. The van der Waals surface area contributed by atoms with Gasteiger partial charge in [-0.1, -0.05) is 104 Å². The number of aliphatic imine (C=N–C) groups is 1. The average molecular weight is 858 g/mol. The van der Waals surface area contributed by atoms with Crippen LogP contribution in [-0.2, 0) is 35.2 Å². The highest BCUT2D eigenvalue weighted by Gasteiger charge is 2.25. The number of imidazole rings is 1. The summed E-state index contributed by atoms with van der Waals surface area (Å²) in [7, 11) is 1.70. The fourth-order valence-corrected chi connectivity index (χ4v) is 8.82. The molecule has 12 rings (SSSR count). The second-order valence-corrected chi connectivity index (χ2v) is 17.0. The van der Waals surface area contributed by atoms with Crippen LogP contribution in [0.2, 0.25) is 0 Å². The van der Waals surface area contributed by atoms with E-state index in [2.05, 4.69) is 145 Å². The van der Waals surface area contributed by atoms with Gasteiger partial charge in [-0.2, -0.15) is 0 Å². The first-order valence-electron chi connectivity index (χ1n) is 22.9. The van der Waals surface area contributed by atoms with Gasteiger partial charge in [-0.05, 0) is 146 Å². The third-order valence-electron chi connectivity index (χ3n) is 12.4. The van der Waals surface area contributed by atoms with Crippen LogP contribution in [0.1, 0.15) is 78.0 Å². The number of aryl methyl sites for hydroxylation is 4. The molecule has 6 aromatic carbocycles. The highest BCUT2D eigenvalue weighted by atomic mass is 16.5. The van der Waals surface area contributed by atoms with Crippen LogP contribution in [0, 0.1) is 0 Å². The number of ether oxygens (including phenoxy) is 3. The summed E-state index contributed by atoms with van der Waals surface area (Å²) in [4.78, 5) is 26.2. The third-order valence-corrected chi connectivity index (χ3v) is 12.4. The molecule has 2 heterocycles. The van der Waals surface area contributed by atoms with E-state index in [0.717, 1.165) is 126 Å². The Morgan fingerprint density at radius 1 is 0.631 bits per heavy atom. The van der Waals surface area contributed by atoms with Gasteiger partial charge in [-0.15, -0.1) is 0 Å². The Hall–Kier alpha value is -7.25. The van der Waals surface area contributed by atoms with E-state index in [4.69, 9.17) is 24.2 Å². The summed E-state index contributed by atoms with van der Waals surface area (Å²) in [5, 5.41) is 0. The third kappa shape index (κ3) is 10.1. The van der Waals surface area contributed by atoms with Crippen molar-refractivity contribution >= 4 is 23.0 Å². The van der Waals surface area contributed by atoms with Crippen molar-refractivity contribution < 1.29 is 19.0 Å². The van der Waals surface area contributed by atoms with E-state index in [-0.39, 0.29) is 5.97 Å². The number of hydrogen-bond donors (Lipinski definition) is 1. The fourth-order valence-electron chi connectivity index (χ4n) is 8.82. The Bertz CT molecular complexity index is 2800. The number of esters is 1. The molecular formula is C58H55N3O4. The molecule has 0 atom stereocenters. The number of allylic oxidation sites excluding steroid dienone is 1. The summed E-state index contributed by atoms with van der Waals surface area (Å²) in [6.07, 6.45) is 8.02. The lowest BCUT2D eigenvalue weighted by molar-refractivity contribution is -0.139. The van der Waals surface area contributed by atoms with Gasteiger partial charge in [-0.3, -0.25) is 4.99 Å². The van der Waals surface area contributed by atoms with Crippen molar-refractivity contribution in [3.63, 3.8) is 0 Å². The number of hydrogen-bond acceptors (Lipinski definition) is 6. The van der Waals surface area contributed by atoms with Crippen molar-refractivity contribution in [3.8, 4) is 45.4 Å². The lowest BCUT2D eigenvalue weighted by Gasteiger charge is -2.17. The van der Waals surface area contributed by atoms with Crippen LogP contribution in [-0.4, -0.2) is 42.0 Å². The predicted octanol–water partition coefficient (Wildman–Crippen LogP) is 13.1. The predicted molar refractivity (Wildman–Crippen MR) is 263 cm³/mol. The second-order valence-electron chi connectivity index (χ2n) is 17.0. The molecule has 0 spiro atoms. The van der Waals surface area contributed by atoms with Gasteiger partial charge in [0.2, 0.25) is 0 Å². The van der Waals surface area contributed by atoms with Crippen LogP contribution in [0.5, 0.6) is 11.5 Å². The summed E-state index contributed by atoms with van der Waals surface area (Å²) in [5.41, 5.74) is 17.7. The molecule has 7 heteroatoms. The molecule has 0 unspecified atom stereocenters. The second kappa shape index (κ2) is 20.1. The lowest BCUT2D eigenvalue weighted by atomic mass is 9.88. The van der Waals surface area contributed by atoms with Crippen LogP contribution in [0.3, 0.4) is 0 Å². The molecule has 7 aromatic rings. The van der Waals surface area contributed by atoms with Gasteiger partial charge in [0, 0.05) is 34.2 Å². The quantitative estimate of drug-likeness (QED) is 0.0594. The van der Waals surface area contributed by atoms with E-state index in [1.54, 1.807) is 14.0 Å². The number of benzene rings is 6. The van der Waals surface area contributed by atoms with Crippen molar-refractivity contribution in [1.82, 2.24) is 9.97 Å². The minimum atomic E-state index is -0.322. The Labute approximate surface area is 382 Å². The van der Waals surface area contributed by atoms with Gasteiger partial charge in [0.1, 0.15) is 17.3 Å². The number of carbonyl (C=O) groups is 1.